The van der Waals surface area contributed by atoms with Gasteiger partial charge >= 0.3 is 12.2 Å². The molecule has 0 aliphatic carbocycles. The van der Waals surface area contributed by atoms with Crippen molar-refractivity contribution in [2.24, 2.45) is 5.92 Å². The molecule has 0 spiro atoms. The largest absolute Gasteiger partial charge is 0.416 e. The lowest BCUT2D eigenvalue weighted by molar-refractivity contribution is -0.138. The van der Waals surface area contributed by atoms with Gasteiger partial charge in [0.25, 0.3) is 0 Å². The molecule has 0 bridgehead atoms. The zero-order chi connectivity index (χ0) is 32.4. The summed E-state index contributed by atoms with van der Waals surface area (Å²) in [7, 11) is 2.00. The normalized spacial score (nSPS) is 14.7. The zero-order valence-corrected chi connectivity index (χ0v) is 26.0. The van der Waals surface area contributed by atoms with Gasteiger partial charge in [0, 0.05) is 56.2 Å². The van der Waals surface area contributed by atoms with E-state index in [1.54, 1.807) is 18.3 Å². The third-order valence-electron chi connectivity index (χ3n) is 8.11. The van der Waals surface area contributed by atoms with Crippen molar-refractivity contribution in [2.75, 3.05) is 55.7 Å². The fraction of sp³-hybridized carbons (Fsp3) is 0.324. The number of hydrogen-bond donors (Lipinski definition) is 3. The molecule has 240 valence electrons. The molecule has 6 rings (SSSR count). The quantitative estimate of drug-likeness (QED) is 0.171. The number of likely N-dealkylation sites (N-methyl/N-ethyl adjacent to an activating group) is 1. The van der Waals surface area contributed by atoms with Gasteiger partial charge in [-0.1, -0.05) is 44.2 Å². The second-order valence-electron chi connectivity index (χ2n) is 12.1. The number of para-hydroxylation sites is 2. The number of halogens is 3. The van der Waals surface area contributed by atoms with E-state index >= 15 is 0 Å². The first-order chi connectivity index (χ1) is 22.0. The maximum atomic E-state index is 14.0. The van der Waals surface area contributed by atoms with Gasteiger partial charge in [0.05, 0.1) is 28.5 Å². The number of aromatic nitrogens is 3. The Morgan fingerprint density at radius 1 is 0.935 bits per heavy atom. The summed E-state index contributed by atoms with van der Waals surface area (Å²) in [6.45, 7) is 8.25. The number of nitrogens with one attached hydrogen (secondary N) is 3. The molecule has 0 radical (unpaired) electrons. The van der Waals surface area contributed by atoms with E-state index in [0.717, 1.165) is 48.0 Å². The summed E-state index contributed by atoms with van der Waals surface area (Å²) in [5.74, 6) is 1.13. The van der Waals surface area contributed by atoms with Gasteiger partial charge in [-0.3, -0.25) is 9.30 Å². The minimum atomic E-state index is -4.55. The van der Waals surface area contributed by atoms with E-state index < -0.39 is 17.8 Å². The molecule has 0 unspecified atom stereocenters. The van der Waals surface area contributed by atoms with Gasteiger partial charge in [0.2, 0.25) is 0 Å². The fourth-order valence-electron chi connectivity index (χ4n) is 5.62. The number of carbonyl (C=O) groups excluding carboxylic acids is 1. The van der Waals surface area contributed by atoms with Crippen molar-refractivity contribution in [1.29, 1.82) is 0 Å². The number of carbonyl (C=O) groups is 1. The number of fused-ring (bicyclic) bond motifs is 3. The van der Waals surface area contributed by atoms with E-state index in [2.05, 4.69) is 44.1 Å². The lowest BCUT2D eigenvalue weighted by Gasteiger charge is -2.33. The summed E-state index contributed by atoms with van der Waals surface area (Å²) < 4.78 is 44.0. The Labute approximate surface area is 265 Å². The maximum Gasteiger partial charge on any atom is 0.416 e. The third-order valence-corrected chi connectivity index (χ3v) is 8.11. The Kier molecular flexibility index (Phi) is 8.83. The van der Waals surface area contributed by atoms with Crippen molar-refractivity contribution in [3.8, 4) is 11.3 Å². The second kappa shape index (κ2) is 13.0. The van der Waals surface area contributed by atoms with Crippen LogP contribution in [0.25, 0.3) is 27.9 Å². The smallest absolute Gasteiger partial charge is 0.367 e. The van der Waals surface area contributed by atoms with Crippen molar-refractivity contribution >= 4 is 39.9 Å². The SMILES string of the molecule is CC(C)CNc1nc2ccccc2n2c(-c3ccc(NC(=O)Nc4ccc(CN5CCN(C)CC5)c(C(F)(F)F)c4)cc3)cnc12. The van der Waals surface area contributed by atoms with Crippen LogP contribution in [0.5, 0.6) is 0 Å². The van der Waals surface area contributed by atoms with Crippen molar-refractivity contribution < 1.29 is 18.0 Å². The van der Waals surface area contributed by atoms with Crippen LogP contribution in [0.3, 0.4) is 0 Å². The first kappa shape index (κ1) is 31.3. The van der Waals surface area contributed by atoms with Crippen LogP contribution in [0, 0.1) is 5.92 Å². The van der Waals surface area contributed by atoms with Crippen LogP contribution >= 0.6 is 0 Å². The lowest BCUT2D eigenvalue weighted by Crippen LogP contribution is -2.44. The molecular weight excluding hydrogens is 593 g/mol. The number of urea groups is 1. The van der Waals surface area contributed by atoms with Gasteiger partial charge in [-0.15, -0.1) is 0 Å². The van der Waals surface area contributed by atoms with Gasteiger partial charge in [0.1, 0.15) is 0 Å². The van der Waals surface area contributed by atoms with Crippen LogP contribution in [0.2, 0.25) is 0 Å². The molecular formula is C34H37F3N8O. The number of nitrogens with zero attached hydrogens (tertiary/aromatic N) is 5. The standard InChI is InChI=1S/C34H37F3N8O/c1-22(2)19-38-31-32-39-20-30(45(32)29-7-5-4-6-28(29)42-31)23-8-11-25(12-9-23)40-33(46)41-26-13-10-24(27(18-26)34(35,36)37)21-44-16-14-43(3)15-17-44/h4-13,18,20,22H,14-17,19,21H2,1-3H3,(H,38,42)(H2,40,41,46). The number of hydrogen-bond acceptors (Lipinski definition) is 6. The van der Waals surface area contributed by atoms with E-state index in [0.29, 0.717) is 36.2 Å². The molecule has 46 heavy (non-hydrogen) atoms. The fourth-order valence-corrected chi connectivity index (χ4v) is 5.62. The van der Waals surface area contributed by atoms with E-state index in [4.69, 9.17) is 4.98 Å². The van der Waals surface area contributed by atoms with Crippen LogP contribution in [0.15, 0.2) is 72.9 Å². The van der Waals surface area contributed by atoms with Gasteiger partial charge < -0.3 is 20.9 Å². The van der Waals surface area contributed by atoms with Gasteiger partial charge in [-0.25, -0.2) is 14.8 Å². The summed E-state index contributed by atoms with van der Waals surface area (Å²) in [4.78, 5) is 26.5. The number of piperazine rings is 1. The van der Waals surface area contributed by atoms with Crippen LogP contribution in [0.4, 0.5) is 35.2 Å². The first-order valence-corrected chi connectivity index (χ1v) is 15.3. The monoisotopic (exact) mass is 630 g/mol. The highest BCUT2D eigenvalue weighted by Crippen LogP contribution is 2.35. The molecule has 3 heterocycles. The highest BCUT2D eigenvalue weighted by Gasteiger charge is 2.34. The molecule has 3 N–H and O–H groups in total. The van der Waals surface area contributed by atoms with Crippen LogP contribution in [-0.4, -0.2) is 70.0 Å². The molecule has 3 aromatic carbocycles. The van der Waals surface area contributed by atoms with Gasteiger partial charge in [-0.2, -0.15) is 13.2 Å². The van der Waals surface area contributed by atoms with Crippen LogP contribution in [-0.2, 0) is 12.7 Å². The Morgan fingerprint density at radius 2 is 1.63 bits per heavy atom. The first-order valence-electron chi connectivity index (χ1n) is 15.3. The van der Waals surface area contributed by atoms with E-state index in [-0.39, 0.29) is 17.8 Å². The topological polar surface area (TPSA) is 89.8 Å². The average molecular weight is 631 g/mol. The zero-order valence-electron chi connectivity index (χ0n) is 26.0. The van der Waals surface area contributed by atoms with E-state index in [9.17, 15) is 18.0 Å². The maximum absolute atomic E-state index is 14.0. The number of benzene rings is 3. The van der Waals surface area contributed by atoms with Crippen molar-refractivity contribution in [3.05, 3.63) is 84.1 Å². The molecule has 9 nitrogen and oxygen atoms in total. The molecule has 1 aliphatic rings. The highest BCUT2D eigenvalue weighted by atomic mass is 19.4. The Bertz CT molecular complexity index is 1840. The second-order valence-corrected chi connectivity index (χ2v) is 12.1. The highest BCUT2D eigenvalue weighted by molar-refractivity contribution is 6.00. The van der Waals surface area contributed by atoms with Gasteiger partial charge in [-0.05, 0) is 54.9 Å². The van der Waals surface area contributed by atoms with Crippen molar-refractivity contribution in [2.45, 2.75) is 26.6 Å². The molecule has 5 aromatic rings. The number of imidazole rings is 1. The van der Waals surface area contributed by atoms with E-state index in [1.165, 1.54) is 12.1 Å². The third kappa shape index (κ3) is 6.92. The lowest BCUT2D eigenvalue weighted by atomic mass is 10.0. The minimum absolute atomic E-state index is 0.0664. The number of rotatable bonds is 8. The molecule has 0 atom stereocenters. The predicted molar refractivity (Wildman–Crippen MR) is 176 cm³/mol. The molecule has 2 aromatic heterocycles. The molecule has 1 aliphatic heterocycles. The van der Waals surface area contributed by atoms with Gasteiger partial charge in [0.15, 0.2) is 11.5 Å². The molecule has 0 saturated carbocycles. The summed E-state index contributed by atoms with van der Waals surface area (Å²) >= 11 is 0. The Balaban J connectivity index is 1.18. The Morgan fingerprint density at radius 3 is 2.35 bits per heavy atom. The van der Waals surface area contributed by atoms with Crippen LogP contribution < -0.4 is 16.0 Å². The van der Waals surface area contributed by atoms with Crippen molar-refractivity contribution in [1.82, 2.24) is 24.2 Å². The molecule has 1 saturated heterocycles. The number of amides is 2. The summed E-state index contributed by atoms with van der Waals surface area (Å²) in [5, 5.41) is 8.69. The summed E-state index contributed by atoms with van der Waals surface area (Å²) in [6.07, 6.45) is -2.75. The van der Waals surface area contributed by atoms with E-state index in [1.807, 2.05) is 48.3 Å². The molecule has 2 amide bonds. The summed E-state index contributed by atoms with van der Waals surface area (Å²) in [5.41, 5.74) is 4.18. The van der Waals surface area contributed by atoms with Crippen LogP contribution in [0.1, 0.15) is 25.0 Å². The molecule has 12 heteroatoms. The molecule has 1 fully saturated rings. The Hall–Kier alpha value is -4.68. The predicted octanol–water partition coefficient (Wildman–Crippen LogP) is 7.03. The van der Waals surface area contributed by atoms with Crippen molar-refractivity contribution in [3.63, 3.8) is 0 Å². The minimum Gasteiger partial charge on any atom is -0.367 e. The summed E-state index contributed by atoms with van der Waals surface area (Å²) in [6, 6.07) is 18.4. The average Bonchev–Trinajstić information content (AvgIpc) is 3.47. The number of anilines is 3. The number of alkyl halides is 3.